The van der Waals surface area contributed by atoms with Crippen molar-refractivity contribution in [2.24, 2.45) is 22.7 Å². The highest BCUT2D eigenvalue weighted by atomic mass is 16.6. The molecule has 0 spiro atoms. The normalized spacial score (nSPS) is 14.7. The van der Waals surface area contributed by atoms with Crippen LogP contribution in [0.1, 0.15) is 39.0 Å². The van der Waals surface area contributed by atoms with Gasteiger partial charge in [-0.2, -0.15) is 10.6 Å². The molecule has 5 N–H and O–H groups in total. The second-order valence-corrected chi connectivity index (χ2v) is 9.38. The van der Waals surface area contributed by atoms with Crippen LogP contribution in [0.5, 0.6) is 0 Å². The van der Waals surface area contributed by atoms with Crippen molar-refractivity contribution in [3.63, 3.8) is 0 Å². The number of furan rings is 1. The third-order valence-electron chi connectivity index (χ3n) is 5.61. The van der Waals surface area contributed by atoms with Gasteiger partial charge in [0, 0.05) is 23.3 Å². The number of non-ortho nitro benzene ring substituents is 1. The molecule has 1 aliphatic heterocycles. The second-order valence-electron chi connectivity index (χ2n) is 9.38. The minimum Gasteiger partial charge on any atom is -0.480 e. The number of rotatable bonds is 12. The number of urea groups is 1. The Labute approximate surface area is 229 Å². The third kappa shape index (κ3) is 9.07. The quantitative estimate of drug-likeness (QED) is 0.0967. The SMILES string of the molecule is CC(C)[C@@H](C=O)NOCc1cc(-c2ccc([N+](=O)[O-])cc2)oc1/C=N/N1CC(=O)NC1=O.CC(C)[C@H](N)C(=O)O. The Balaban J connectivity index is 0.000000611. The molecule has 3 amide bonds. The number of hydrazone groups is 1. The summed E-state index contributed by atoms with van der Waals surface area (Å²) in [5, 5.41) is 26.1. The first-order valence-electron chi connectivity index (χ1n) is 12.2. The van der Waals surface area contributed by atoms with Crippen LogP contribution >= 0.6 is 0 Å². The number of hydrogen-bond donors (Lipinski definition) is 4. The van der Waals surface area contributed by atoms with Crippen molar-refractivity contribution in [3.05, 3.63) is 51.8 Å². The third-order valence-corrected chi connectivity index (χ3v) is 5.61. The first-order valence-corrected chi connectivity index (χ1v) is 12.2. The van der Waals surface area contributed by atoms with E-state index in [2.05, 4.69) is 15.9 Å². The fraction of sp³-hybridized carbons (Fsp3) is 0.400. The van der Waals surface area contributed by atoms with Gasteiger partial charge in [0.25, 0.3) is 5.69 Å². The molecule has 3 rings (SSSR count). The van der Waals surface area contributed by atoms with Gasteiger partial charge in [0.2, 0.25) is 5.91 Å². The molecule has 0 radical (unpaired) electrons. The van der Waals surface area contributed by atoms with Gasteiger partial charge in [0.1, 0.15) is 24.6 Å². The van der Waals surface area contributed by atoms with E-state index in [0.717, 1.165) is 11.3 Å². The number of hydrogen-bond acceptors (Lipinski definition) is 11. The van der Waals surface area contributed by atoms with Crippen LogP contribution in [0.15, 0.2) is 39.9 Å². The molecule has 2 heterocycles. The van der Waals surface area contributed by atoms with Crippen molar-refractivity contribution in [2.45, 2.75) is 46.4 Å². The number of aliphatic carboxylic acids is 1. The van der Waals surface area contributed by atoms with Crippen molar-refractivity contribution in [1.29, 1.82) is 0 Å². The Bertz CT molecular complexity index is 1240. The summed E-state index contributed by atoms with van der Waals surface area (Å²) >= 11 is 0. The molecule has 0 saturated carbocycles. The predicted octanol–water partition coefficient (Wildman–Crippen LogP) is 2.04. The van der Waals surface area contributed by atoms with Crippen molar-refractivity contribution in [3.8, 4) is 11.3 Å². The highest BCUT2D eigenvalue weighted by molar-refractivity contribution is 6.02. The Kier molecular flexibility index (Phi) is 11.6. The van der Waals surface area contributed by atoms with Crippen LogP contribution in [-0.4, -0.2) is 64.1 Å². The number of nitro groups is 1. The summed E-state index contributed by atoms with van der Waals surface area (Å²) in [6.07, 6.45) is 2.01. The molecule has 0 bridgehead atoms. The highest BCUT2D eigenvalue weighted by Crippen LogP contribution is 2.27. The number of nitro benzene ring substituents is 1. The summed E-state index contributed by atoms with van der Waals surface area (Å²) in [7, 11) is 0. The van der Waals surface area contributed by atoms with Gasteiger partial charge in [0.05, 0.1) is 23.8 Å². The lowest BCUT2D eigenvalue weighted by atomic mass is 10.1. The molecule has 1 saturated heterocycles. The summed E-state index contributed by atoms with van der Waals surface area (Å²) in [5.41, 5.74) is 8.88. The minimum atomic E-state index is -0.931. The van der Waals surface area contributed by atoms with Crippen LogP contribution in [0, 0.1) is 22.0 Å². The number of carboxylic acids is 1. The fourth-order valence-corrected chi connectivity index (χ4v) is 3.02. The zero-order valence-electron chi connectivity index (χ0n) is 22.4. The van der Waals surface area contributed by atoms with Crippen LogP contribution in [-0.2, 0) is 25.8 Å². The van der Waals surface area contributed by atoms with Gasteiger partial charge in [-0.1, -0.05) is 27.7 Å². The first kappa shape index (κ1) is 31.7. The lowest BCUT2D eigenvalue weighted by molar-refractivity contribution is -0.384. The average molecular weight is 561 g/mol. The van der Waals surface area contributed by atoms with E-state index in [9.17, 15) is 29.3 Å². The molecule has 2 atom stereocenters. The summed E-state index contributed by atoms with van der Waals surface area (Å²) in [5.74, 6) is -0.732. The van der Waals surface area contributed by atoms with E-state index in [1.165, 1.54) is 30.5 Å². The maximum absolute atomic E-state index is 11.7. The van der Waals surface area contributed by atoms with Crippen molar-refractivity contribution < 1.29 is 38.5 Å². The maximum atomic E-state index is 11.7. The molecule has 40 heavy (non-hydrogen) atoms. The Hall–Kier alpha value is -4.47. The monoisotopic (exact) mass is 560 g/mol. The number of benzene rings is 1. The van der Waals surface area contributed by atoms with E-state index >= 15 is 0 Å². The van der Waals surface area contributed by atoms with Gasteiger partial charge >= 0.3 is 12.0 Å². The van der Waals surface area contributed by atoms with Crippen molar-refractivity contribution >= 4 is 36.1 Å². The second kappa shape index (κ2) is 14.6. The van der Waals surface area contributed by atoms with E-state index in [-0.39, 0.29) is 36.4 Å². The van der Waals surface area contributed by atoms with Crippen molar-refractivity contribution in [1.82, 2.24) is 15.8 Å². The summed E-state index contributed by atoms with van der Waals surface area (Å²) < 4.78 is 5.81. The first-order chi connectivity index (χ1) is 18.8. The number of carboxylic acid groups (broad SMARTS) is 1. The van der Waals surface area contributed by atoms with E-state index in [4.69, 9.17) is 20.1 Å². The highest BCUT2D eigenvalue weighted by Gasteiger charge is 2.26. The van der Waals surface area contributed by atoms with Gasteiger partial charge in [-0.15, -0.1) is 0 Å². The zero-order valence-corrected chi connectivity index (χ0v) is 22.4. The standard InChI is InChI=1S/C20H21N5O7.C5H11NO2/c1-12(2)16(10-26)23-31-11-14-7-17(13-3-5-15(6-4-13)25(29)30)32-18(14)8-21-24-9-19(27)22-20(24)28;1-3(2)4(6)5(7)8/h3-8,10,12,16,23H,9,11H2,1-2H3,(H,22,27,28);3-4H,6H2,1-2H3,(H,7,8)/b21-8+;/t16-;4-/m10/s1. The molecule has 216 valence electrons. The van der Waals surface area contributed by atoms with E-state index in [1.54, 1.807) is 19.9 Å². The number of hydroxylamine groups is 1. The molecule has 0 aliphatic carbocycles. The number of aldehydes is 1. The van der Waals surface area contributed by atoms with Gasteiger partial charge in [0.15, 0.2) is 5.76 Å². The topological polar surface area (TPSA) is 220 Å². The van der Waals surface area contributed by atoms with Crippen LogP contribution < -0.4 is 16.5 Å². The van der Waals surface area contributed by atoms with Gasteiger partial charge in [-0.05, 0) is 30.0 Å². The zero-order chi connectivity index (χ0) is 30.0. The minimum absolute atomic E-state index is 0.0000215. The number of carbonyl (C=O) groups excluding carboxylic acids is 3. The predicted molar refractivity (Wildman–Crippen MR) is 142 cm³/mol. The molecule has 1 aliphatic rings. The number of nitrogens with two attached hydrogens (primary N) is 1. The fourth-order valence-electron chi connectivity index (χ4n) is 3.02. The molecule has 0 unspecified atom stereocenters. The average Bonchev–Trinajstić information content (AvgIpc) is 3.46. The number of carbonyl (C=O) groups is 4. The van der Waals surface area contributed by atoms with E-state index < -0.39 is 34.9 Å². The number of imide groups is 1. The number of amides is 3. The summed E-state index contributed by atoms with van der Waals surface area (Å²) in [6, 6.07) is 5.55. The lowest BCUT2D eigenvalue weighted by Gasteiger charge is -2.15. The van der Waals surface area contributed by atoms with Crippen LogP contribution in [0.2, 0.25) is 0 Å². The molecule has 1 fully saturated rings. The molecule has 1 aromatic carbocycles. The molecular weight excluding hydrogens is 528 g/mol. The molecule has 1 aromatic heterocycles. The van der Waals surface area contributed by atoms with Gasteiger partial charge in [-0.3, -0.25) is 29.9 Å². The Morgan fingerprint density at radius 2 is 1.93 bits per heavy atom. The van der Waals surface area contributed by atoms with E-state index in [0.29, 0.717) is 16.9 Å². The number of nitrogens with zero attached hydrogens (tertiary/aromatic N) is 3. The maximum Gasteiger partial charge on any atom is 0.344 e. The largest absolute Gasteiger partial charge is 0.480 e. The molecule has 15 nitrogen and oxygen atoms in total. The van der Waals surface area contributed by atoms with Crippen LogP contribution in [0.3, 0.4) is 0 Å². The smallest absolute Gasteiger partial charge is 0.344 e. The Morgan fingerprint density at radius 3 is 2.38 bits per heavy atom. The number of nitrogens with one attached hydrogen (secondary N) is 2. The van der Waals surface area contributed by atoms with Gasteiger partial charge < -0.3 is 20.1 Å². The van der Waals surface area contributed by atoms with Crippen molar-refractivity contribution in [2.75, 3.05) is 6.54 Å². The van der Waals surface area contributed by atoms with E-state index in [1.807, 2.05) is 13.8 Å². The van der Waals surface area contributed by atoms with Crippen LogP contribution in [0.4, 0.5) is 10.5 Å². The van der Waals surface area contributed by atoms with Crippen LogP contribution in [0.25, 0.3) is 11.3 Å². The molecule has 2 aromatic rings. The Morgan fingerprint density at radius 1 is 1.27 bits per heavy atom. The summed E-state index contributed by atoms with van der Waals surface area (Å²) in [4.78, 5) is 59.9. The molecule has 15 heteroatoms. The summed E-state index contributed by atoms with van der Waals surface area (Å²) in [6.45, 7) is 7.06. The molecular formula is C25H32N6O9. The lowest BCUT2D eigenvalue weighted by Crippen LogP contribution is -2.35. The van der Waals surface area contributed by atoms with Gasteiger partial charge in [-0.25, -0.2) is 9.80 Å².